The maximum atomic E-state index is 12.3. The number of aromatic amines is 1. The Labute approximate surface area is 130 Å². The van der Waals surface area contributed by atoms with E-state index in [-0.39, 0.29) is 17.9 Å². The highest BCUT2D eigenvalue weighted by atomic mass is 32.1. The van der Waals surface area contributed by atoms with Crippen LogP contribution in [-0.4, -0.2) is 33.2 Å². The van der Waals surface area contributed by atoms with Gasteiger partial charge in [0.1, 0.15) is 0 Å². The molecule has 0 aliphatic carbocycles. The van der Waals surface area contributed by atoms with Gasteiger partial charge in [-0.3, -0.25) is 15.1 Å². The third-order valence-corrected chi connectivity index (χ3v) is 3.88. The van der Waals surface area contributed by atoms with E-state index in [2.05, 4.69) is 25.5 Å². The Hall–Kier alpha value is -2.74. The van der Waals surface area contributed by atoms with Crippen molar-refractivity contribution in [3.63, 3.8) is 0 Å². The molecule has 0 aliphatic rings. The number of amides is 1. The van der Waals surface area contributed by atoms with Crippen molar-refractivity contribution in [2.75, 3.05) is 12.4 Å². The van der Waals surface area contributed by atoms with Gasteiger partial charge in [-0.25, -0.2) is 5.10 Å². The minimum absolute atomic E-state index is 0.165. The van der Waals surface area contributed by atoms with Gasteiger partial charge in [0.25, 0.3) is 5.91 Å². The van der Waals surface area contributed by atoms with Gasteiger partial charge in [0.2, 0.25) is 5.95 Å². The lowest BCUT2D eigenvalue weighted by Crippen LogP contribution is -2.15. The smallest absolute Gasteiger partial charge is 0.336 e. The van der Waals surface area contributed by atoms with Crippen LogP contribution in [0.5, 0.6) is 6.01 Å². The van der Waals surface area contributed by atoms with Crippen molar-refractivity contribution in [1.29, 1.82) is 0 Å². The maximum absolute atomic E-state index is 12.3. The first-order chi connectivity index (χ1) is 10.7. The van der Waals surface area contributed by atoms with Gasteiger partial charge in [-0.2, -0.15) is 4.98 Å². The average Bonchev–Trinajstić information content (AvgIpc) is 3.18. The van der Waals surface area contributed by atoms with Gasteiger partial charge in [0, 0.05) is 0 Å². The summed E-state index contributed by atoms with van der Waals surface area (Å²) in [6.07, 6.45) is 0. The van der Waals surface area contributed by atoms with E-state index in [1.54, 1.807) is 24.3 Å². The minimum atomic E-state index is -0.304. The molecule has 3 rings (SSSR count). The van der Waals surface area contributed by atoms with E-state index >= 15 is 0 Å². The number of pyridine rings is 1. The first-order valence-electron chi connectivity index (χ1n) is 6.46. The van der Waals surface area contributed by atoms with Crippen LogP contribution >= 0.6 is 11.3 Å². The molecular weight excluding hydrogens is 302 g/mol. The van der Waals surface area contributed by atoms with Crippen LogP contribution in [0.3, 0.4) is 0 Å². The summed E-state index contributed by atoms with van der Waals surface area (Å²) in [7, 11) is 1.45. The molecule has 3 aromatic heterocycles. The Kier molecular flexibility index (Phi) is 3.84. The van der Waals surface area contributed by atoms with Crippen LogP contribution in [0.15, 0.2) is 29.6 Å². The number of aromatic nitrogens is 4. The summed E-state index contributed by atoms with van der Waals surface area (Å²) >= 11 is 1.61. The Morgan fingerprint density at radius 1 is 1.32 bits per heavy atom. The van der Waals surface area contributed by atoms with Gasteiger partial charge in [-0.15, -0.1) is 16.4 Å². The van der Waals surface area contributed by atoms with Crippen molar-refractivity contribution in [3.8, 4) is 16.6 Å². The monoisotopic (exact) mass is 315 g/mol. The topological polar surface area (TPSA) is 92.8 Å². The summed E-state index contributed by atoms with van der Waals surface area (Å²) in [6, 6.07) is 7.70. The fourth-order valence-electron chi connectivity index (χ4n) is 1.93. The summed E-state index contributed by atoms with van der Waals surface area (Å²) in [5, 5.41) is 11.0. The third-order valence-electron chi connectivity index (χ3n) is 2.98. The molecule has 3 heterocycles. The Bertz CT molecular complexity index is 797. The fourth-order valence-corrected chi connectivity index (χ4v) is 2.63. The van der Waals surface area contributed by atoms with Crippen LogP contribution in [0, 0.1) is 6.92 Å². The lowest BCUT2D eigenvalue weighted by molar-refractivity contribution is 0.102. The van der Waals surface area contributed by atoms with Gasteiger partial charge in [0.15, 0.2) is 0 Å². The SMILES string of the molecule is COc1n[nH]c(NC(=O)c2ccc(-c3cccs3)nc2C)n1. The number of rotatable bonds is 4. The van der Waals surface area contributed by atoms with Crippen molar-refractivity contribution >= 4 is 23.2 Å². The second-order valence-electron chi connectivity index (χ2n) is 4.43. The number of nitrogens with zero attached hydrogens (tertiary/aromatic N) is 3. The number of nitrogens with one attached hydrogen (secondary N) is 2. The van der Waals surface area contributed by atoms with Gasteiger partial charge in [-0.1, -0.05) is 6.07 Å². The highest BCUT2D eigenvalue weighted by Crippen LogP contribution is 2.24. The zero-order valence-electron chi connectivity index (χ0n) is 12.0. The molecule has 2 N–H and O–H groups in total. The summed E-state index contributed by atoms with van der Waals surface area (Å²) in [5.41, 5.74) is 1.98. The van der Waals surface area contributed by atoms with Crippen LogP contribution in [0.4, 0.5) is 5.95 Å². The molecule has 0 aliphatic heterocycles. The quantitative estimate of drug-likeness (QED) is 0.771. The van der Waals surface area contributed by atoms with Gasteiger partial charge >= 0.3 is 6.01 Å². The van der Waals surface area contributed by atoms with E-state index in [0.717, 1.165) is 10.6 Å². The largest absolute Gasteiger partial charge is 0.466 e. The van der Waals surface area contributed by atoms with Gasteiger partial charge < -0.3 is 4.74 Å². The van der Waals surface area contributed by atoms with Crippen molar-refractivity contribution < 1.29 is 9.53 Å². The van der Waals surface area contributed by atoms with Crippen molar-refractivity contribution in [2.45, 2.75) is 6.92 Å². The predicted molar refractivity (Wildman–Crippen MR) is 83.2 cm³/mol. The molecule has 7 nitrogen and oxygen atoms in total. The molecule has 0 unspecified atom stereocenters. The number of ether oxygens (including phenoxy) is 1. The van der Waals surface area contributed by atoms with Crippen LogP contribution in [0.25, 0.3) is 10.6 Å². The molecule has 0 radical (unpaired) electrons. The number of thiophene rings is 1. The van der Waals surface area contributed by atoms with E-state index in [1.807, 2.05) is 23.6 Å². The molecule has 112 valence electrons. The number of carbonyl (C=O) groups excluding carboxylic acids is 1. The predicted octanol–water partition coefficient (Wildman–Crippen LogP) is 2.50. The van der Waals surface area contributed by atoms with Crippen molar-refractivity contribution in [1.82, 2.24) is 20.2 Å². The normalized spacial score (nSPS) is 10.5. The molecule has 0 atom stereocenters. The lowest BCUT2D eigenvalue weighted by atomic mass is 10.1. The van der Waals surface area contributed by atoms with E-state index in [4.69, 9.17) is 4.74 Å². The number of aryl methyl sites for hydroxylation is 1. The molecule has 0 saturated heterocycles. The Morgan fingerprint density at radius 3 is 2.82 bits per heavy atom. The molecule has 3 aromatic rings. The number of hydrogen-bond donors (Lipinski definition) is 2. The summed E-state index contributed by atoms with van der Waals surface area (Å²) in [4.78, 5) is 21.7. The zero-order chi connectivity index (χ0) is 15.5. The van der Waals surface area contributed by atoms with E-state index < -0.39 is 0 Å². The number of hydrogen-bond acceptors (Lipinski definition) is 6. The highest BCUT2D eigenvalue weighted by Gasteiger charge is 2.14. The van der Waals surface area contributed by atoms with E-state index in [0.29, 0.717) is 11.3 Å². The van der Waals surface area contributed by atoms with Crippen LogP contribution < -0.4 is 10.1 Å². The summed E-state index contributed by atoms with van der Waals surface area (Å²) in [6.45, 7) is 1.80. The van der Waals surface area contributed by atoms with E-state index in [1.165, 1.54) is 7.11 Å². The number of anilines is 1. The lowest BCUT2D eigenvalue weighted by Gasteiger charge is -2.06. The molecular formula is C14H13N5O2S. The average molecular weight is 315 g/mol. The summed E-state index contributed by atoms with van der Waals surface area (Å²) < 4.78 is 4.85. The molecule has 0 saturated carbocycles. The highest BCUT2D eigenvalue weighted by molar-refractivity contribution is 7.13. The number of carbonyl (C=O) groups is 1. The minimum Gasteiger partial charge on any atom is -0.466 e. The standard InChI is InChI=1S/C14H13N5O2S/c1-8-9(5-6-10(15-8)11-4-3-7-22-11)12(20)16-13-17-14(21-2)19-18-13/h3-7H,1-2H3,(H2,16,17,18,19,20). The van der Waals surface area contributed by atoms with Crippen LogP contribution in [-0.2, 0) is 0 Å². The molecule has 0 spiro atoms. The summed E-state index contributed by atoms with van der Waals surface area (Å²) in [5.74, 6) is -0.0786. The molecule has 0 aromatic carbocycles. The Morgan fingerprint density at radius 2 is 2.18 bits per heavy atom. The third kappa shape index (κ3) is 2.82. The van der Waals surface area contributed by atoms with Crippen LogP contribution in [0.2, 0.25) is 0 Å². The van der Waals surface area contributed by atoms with Crippen LogP contribution in [0.1, 0.15) is 16.1 Å². The van der Waals surface area contributed by atoms with Gasteiger partial charge in [-0.05, 0) is 30.5 Å². The molecule has 0 fully saturated rings. The molecule has 1 amide bonds. The second-order valence-corrected chi connectivity index (χ2v) is 5.38. The second kappa shape index (κ2) is 5.94. The Balaban J connectivity index is 1.80. The van der Waals surface area contributed by atoms with E-state index in [9.17, 15) is 4.79 Å². The molecule has 22 heavy (non-hydrogen) atoms. The number of H-pyrrole nitrogens is 1. The van der Waals surface area contributed by atoms with Crippen molar-refractivity contribution in [3.05, 3.63) is 40.9 Å². The molecule has 0 bridgehead atoms. The molecule has 8 heteroatoms. The maximum Gasteiger partial charge on any atom is 0.336 e. The number of methoxy groups -OCH3 is 1. The van der Waals surface area contributed by atoms with Gasteiger partial charge in [0.05, 0.1) is 28.9 Å². The first kappa shape index (κ1) is 14.2. The fraction of sp³-hybridized carbons (Fsp3) is 0.143. The first-order valence-corrected chi connectivity index (χ1v) is 7.34. The van der Waals surface area contributed by atoms with Crippen molar-refractivity contribution in [2.24, 2.45) is 0 Å². The zero-order valence-corrected chi connectivity index (χ0v) is 12.8.